The minimum Gasteiger partial charge on any atom is -0.449 e. The van der Waals surface area contributed by atoms with Crippen LogP contribution in [0.4, 0.5) is 10.5 Å². The van der Waals surface area contributed by atoms with Gasteiger partial charge in [-0.3, -0.25) is 9.78 Å². The second kappa shape index (κ2) is 6.33. The van der Waals surface area contributed by atoms with Crippen LogP contribution in [0.15, 0.2) is 42.7 Å². The van der Waals surface area contributed by atoms with E-state index >= 15 is 0 Å². The van der Waals surface area contributed by atoms with Crippen LogP contribution in [-0.2, 0) is 4.74 Å². The van der Waals surface area contributed by atoms with Crippen LogP contribution in [0, 0.1) is 0 Å². The summed E-state index contributed by atoms with van der Waals surface area (Å²) in [6.07, 6.45) is 2.31. The lowest BCUT2D eigenvalue weighted by atomic mass is 10.1. The van der Waals surface area contributed by atoms with Crippen LogP contribution in [0.25, 0.3) is 10.9 Å². The number of anilines is 1. The number of ether oxygens (including phenoxy) is 1. The van der Waals surface area contributed by atoms with E-state index in [9.17, 15) is 9.59 Å². The van der Waals surface area contributed by atoms with Gasteiger partial charge in [0.1, 0.15) is 5.69 Å². The third-order valence-electron chi connectivity index (χ3n) is 3.58. The number of nitrogens with zero attached hydrogens (tertiary/aromatic N) is 2. The molecule has 2 heterocycles. The zero-order valence-corrected chi connectivity index (χ0v) is 13.6. The van der Waals surface area contributed by atoms with E-state index in [0.717, 1.165) is 0 Å². The fourth-order valence-electron chi connectivity index (χ4n) is 2.53. The Balaban J connectivity index is 2.30. The van der Waals surface area contributed by atoms with Crippen molar-refractivity contribution in [1.29, 1.82) is 0 Å². The lowest BCUT2D eigenvalue weighted by Crippen LogP contribution is -2.20. The minimum atomic E-state index is -0.682. The number of hydrogen-bond donors (Lipinski definition) is 1. The van der Waals surface area contributed by atoms with Crippen LogP contribution >= 0.6 is 11.6 Å². The number of nitrogens with two attached hydrogens (primary N) is 1. The molecule has 0 aliphatic carbocycles. The van der Waals surface area contributed by atoms with Gasteiger partial charge in [0.15, 0.2) is 0 Å². The zero-order chi connectivity index (χ0) is 17.3. The molecule has 0 fully saturated rings. The number of fused-ring (bicyclic) bond motifs is 1. The van der Waals surface area contributed by atoms with Crippen molar-refractivity contribution in [2.24, 2.45) is 0 Å². The van der Waals surface area contributed by atoms with Crippen molar-refractivity contribution in [3.05, 3.63) is 59.0 Å². The highest BCUT2D eigenvalue weighted by atomic mass is 35.5. The molecule has 3 aromatic rings. The van der Waals surface area contributed by atoms with Gasteiger partial charge in [0.05, 0.1) is 17.8 Å². The number of nitrogen functional groups attached to an aromatic ring is 1. The number of halogens is 1. The predicted molar refractivity (Wildman–Crippen MR) is 91.4 cm³/mol. The maximum atomic E-state index is 12.9. The SMILES string of the molecule is CCOC(=O)n1c(C(=O)c2ccncc2)c(N)c2ccc(Cl)cc21. The van der Waals surface area contributed by atoms with Crippen molar-refractivity contribution in [2.45, 2.75) is 6.92 Å². The molecule has 0 atom stereocenters. The molecule has 0 aliphatic rings. The van der Waals surface area contributed by atoms with Gasteiger partial charge in [-0.2, -0.15) is 0 Å². The van der Waals surface area contributed by atoms with Gasteiger partial charge in [0.2, 0.25) is 5.78 Å². The van der Waals surface area contributed by atoms with Crippen molar-refractivity contribution in [3.63, 3.8) is 0 Å². The fourth-order valence-corrected chi connectivity index (χ4v) is 2.69. The van der Waals surface area contributed by atoms with E-state index in [1.807, 2.05) is 0 Å². The van der Waals surface area contributed by atoms with Gasteiger partial charge in [-0.15, -0.1) is 0 Å². The summed E-state index contributed by atoms with van der Waals surface area (Å²) < 4.78 is 6.25. The lowest BCUT2D eigenvalue weighted by Gasteiger charge is -2.09. The van der Waals surface area contributed by atoms with E-state index in [4.69, 9.17) is 22.1 Å². The molecule has 24 heavy (non-hydrogen) atoms. The third-order valence-corrected chi connectivity index (χ3v) is 3.81. The molecule has 7 heteroatoms. The Morgan fingerprint density at radius 2 is 1.96 bits per heavy atom. The molecular formula is C17H14ClN3O3. The van der Waals surface area contributed by atoms with Crippen LogP contribution in [-0.4, -0.2) is 28.0 Å². The average molecular weight is 344 g/mol. The Kier molecular flexibility index (Phi) is 4.22. The summed E-state index contributed by atoms with van der Waals surface area (Å²) in [5, 5.41) is 0.985. The second-order valence-corrected chi connectivity index (χ2v) is 5.46. The molecular weight excluding hydrogens is 330 g/mol. The molecule has 1 aromatic carbocycles. The Hall–Kier alpha value is -2.86. The first kappa shape index (κ1) is 16.0. The standard InChI is InChI=1S/C17H14ClN3O3/c1-2-24-17(23)21-13-9-11(18)3-4-12(13)14(19)15(21)16(22)10-5-7-20-8-6-10/h3-9H,2,19H2,1H3. The summed E-state index contributed by atoms with van der Waals surface area (Å²) in [5.74, 6) is -0.393. The fraction of sp³-hybridized carbons (Fsp3) is 0.118. The summed E-state index contributed by atoms with van der Waals surface area (Å²) >= 11 is 6.03. The summed E-state index contributed by atoms with van der Waals surface area (Å²) in [6, 6.07) is 8.01. The Bertz CT molecular complexity index is 935. The van der Waals surface area contributed by atoms with Crippen LogP contribution in [0.3, 0.4) is 0 Å². The number of aromatic nitrogens is 2. The maximum Gasteiger partial charge on any atom is 0.419 e. The number of carbonyl (C=O) groups excluding carboxylic acids is 2. The van der Waals surface area contributed by atoms with Gasteiger partial charge < -0.3 is 10.5 Å². The molecule has 0 radical (unpaired) electrons. The second-order valence-electron chi connectivity index (χ2n) is 5.02. The van der Waals surface area contributed by atoms with Crippen molar-refractivity contribution in [1.82, 2.24) is 9.55 Å². The highest BCUT2D eigenvalue weighted by Gasteiger charge is 2.26. The number of carbonyl (C=O) groups is 2. The smallest absolute Gasteiger partial charge is 0.419 e. The highest BCUT2D eigenvalue weighted by molar-refractivity contribution is 6.31. The zero-order valence-electron chi connectivity index (χ0n) is 12.8. The van der Waals surface area contributed by atoms with Crippen molar-refractivity contribution >= 4 is 40.1 Å². The summed E-state index contributed by atoms with van der Waals surface area (Å²) in [7, 11) is 0. The normalized spacial score (nSPS) is 10.8. The van der Waals surface area contributed by atoms with Crippen LogP contribution < -0.4 is 5.73 Å². The Labute approximate surface area is 142 Å². The molecule has 2 aromatic heterocycles. The molecule has 2 N–H and O–H groups in total. The van der Waals surface area contributed by atoms with Crippen LogP contribution in [0.2, 0.25) is 5.02 Å². The molecule has 3 rings (SSSR count). The van der Waals surface area contributed by atoms with Gasteiger partial charge in [-0.1, -0.05) is 11.6 Å². The number of ketones is 1. The van der Waals surface area contributed by atoms with Gasteiger partial charge in [0, 0.05) is 28.4 Å². The quantitative estimate of drug-likeness (QED) is 0.735. The van der Waals surface area contributed by atoms with Gasteiger partial charge in [-0.25, -0.2) is 9.36 Å². The predicted octanol–water partition coefficient (Wildman–Crippen LogP) is 3.51. The van der Waals surface area contributed by atoms with Crippen LogP contribution in [0.5, 0.6) is 0 Å². The summed E-state index contributed by atoms with van der Waals surface area (Å²) in [6.45, 7) is 1.85. The van der Waals surface area contributed by atoms with Gasteiger partial charge in [0.25, 0.3) is 0 Å². The van der Waals surface area contributed by atoms with Crippen molar-refractivity contribution in [2.75, 3.05) is 12.3 Å². The van der Waals surface area contributed by atoms with Crippen molar-refractivity contribution in [3.8, 4) is 0 Å². The number of pyridine rings is 1. The molecule has 6 nitrogen and oxygen atoms in total. The highest BCUT2D eigenvalue weighted by Crippen LogP contribution is 2.32. The molecule has 122 valence electrons. The van der Waals surface area contributed by atoms with Gasteiger partial charge >= 0.3 is 6.09 Å². The van der Waals surface area contributed by atoms with E-state index in [1.54, 1.807) is 37.3 Å². The largest absolute Gasteiger partial charge is 0.449 e. The molecule has 0 unspecified atom stereocenters. The van der Waals surface area contributed by atoms with Crippen molar-refractivity contribution < 1.29 is 14.3 Å². The van der Waals surface area contributed by atoms with Gasteiger partial charge in [-0.05, 0) is 37.3 Å². The first-order valence-electron chi connectivity index (χ1n) is 7.26. The average Bonchev–Trinajstić information content (AvgIpc) is 2.87. The first-order chi connectivity index (χ1) is 11.5. The number of benzene rings is 1. The topological polar surface area (TPSA) is 87.2 Å². The number of rotatable bonds is 3. The molecule has 0 amide bonds. The third kappa shape index (κ3) is 2.61. The minimum absolute atomic E-state index is 0.0527. The summed E-state index contributed by atoms with van der Waals surface area (Å²) in [4.78, 5) is 29.2. The Morgan fingerprint density at radius 3 is 2.62 bits per heavy atom. The van der Waals surface area contributed by atoms with E-state index in [0.29, 0.717) is 21.5 Å². The van der Waals surface area contributed by atoms with E-state index in [-0.39, 0.29) is 18.0 Å². The van der Waals surface area contributed by atoms with E-state index in [2.05, 4.69) is 4.98 Å². The van der Waals surface area contributed by atoms with Crippen LogP contribution in [0.1, 0.15) is 23.0 Å². The molecule has 0 bridgehead atoms. The molecule has 0 saturated carbocycles. The lowest BCUT2D eigenvalue weighted by molar-refractivity contribution is 0.102. The first-order valence-corrected chi connectivity index (χ1v) is 7.63. The Morgan fingerprint density at radius 1 is 1.25 bits per heavy atom. The molecule has 0 aliphatic heterocycles. The van der Waals surface area contributed by atoms with E-state index < -0.39 is 11.9 Å². The monoisotopic (exact) mass is 343 g/mol. The number of hydrogen-bond acceptors (Lipinski definition) is 5. The summed E-state index contributed by atoms with van der Waals surface area (Å²) in [5.41, 5.74) is 7.21. The molecule has 0 saturated heterocycles. The van der Waals surface area contributed by atoms with E-state index in [1.165, 1.54) is 17.0 Å². The maximum absolute atomic E-state index is 12.9. The molecule has 0 spiro atoms.